The second-order valence-corrected chi connectivity index (χ2v) is 3.63. The number of nitrogens with zero attached hydrogens (tertiary/aromatic N) is 5. The van der Waals surface area contributed by atoms with Gasteiger partial charge >= 0.3 is 0 Å². The third-order valence-corrected chi connectivity index (χ3v) is 2.35. The summed E-state index contributed by atoms with van der Waals surface area (Å²) in [5.41, 5.74) is 4.58. The molecule has 0 fully saturated rings. The minimum Gasteiger partial charge on any atom is -0.260 e. The van der Waals surface area contributed by atoms with E-state index in [0.29, 0.717) is 11.5 Å². The average molecular weight is 238 g/mol. The molecular formula is C12H10N6. The number of anilines is 1. The third-order valence-electron chi connectivity index (χ3n) is 2.35. The van der Waals surface area contributed by atoms with Crippen LogP contribution < -0.4 is 5.43 Å². The van der Waals surface area contributed by atoms with Crippen molar-refractivity contribution in [3.8, 4) is 0 Å². The summed E-state index contributed by atoms with van der Waals surface area (Å²) in [6, 6.07) is 13.5. The van der Waals surface area contributed by atoms with Crippen molar-refractivity contribution in [3.05, 3.63) is 54.4 Å². The van der Waals surface area contributed by atoms with Crippen LogP contribution in [0.3, 0.4) is 0 Å². The fourth-order valence-corrected chi connectivity index (χ4v) is 1.50. The third kappa shape index (κ3) is 2.17. The molecule has 88 valence electrons. The summed E-state index contributed by atoms with van der Waals surface area (Å²) >= 11 is 0. The molecule has 1 aromatic carbocycles. The van der Waals surface area contributed by atoms with E-state index < -0.39 is 0 Å². The summed E-state index contributed by atoms with van der Waals surface area (Å²) in [5, 5.41) is 16.0. The minimum absolute atomic E-state index is 0.634. The first-order valence-electron chi connectivity index (χ1n) is 5.43. The predicted octanol–water partition coefficient (Wildman–Crippen LogP) is 1.57. The van der Waals surface area contributed by atoms with E-state index in [1.54, 1.807) is 23.1 Å². The highest BCUT2D eigenvalue weighted by Gasteiger charge is 1.97. The number of nitrogens with one attached hydrogen (secondary N) is 1. The van der Waals surface area contributed by atoms with Crippen LogP contribution in [0.5, 0.6) is 0 Å². The number of hydrogen-bond donors (Lipinski definition) is 1. The van der Waals surface area contributed by atoms with Crippen molar-refractivity contribution in [2.45, 2.75) is 0 Å². The van der Waals surface area contributed by atoms with Crippen LogP contribution >= 0.6 is 0 Å². The molecule has 1 N–H and O–H groups in total. The largest absolute Gasteiger partial charge is 0.260 e. The van der Waals surface area contributed by atoms with Gasteiger partial charge < -0.3 is 0 Å². The van der Waals surface area contributed by atoms with E-state index in [9.17, 15) is 0 Å². The number of aromatic nitrogens is 4. The van der Waals surface area contributed by atoms with Gasteiger partial charge in [0.05, 0.1) is 6.21 Å². The van der Waals surface area contributed by atoms with E-state index in [-0.39, 0.29) is 0 Å². The van der Waals surface area contributed by atoms with Crippen LogP contribution in [0.2, 0.25) is 0 Å². The van der Waals surface area contributed by atoms with Crippen LogP contribution in [0.15, 0.2) is 53.9 Å². The summed E-state index contributed by atoms with van der Waals surface area (Å²) in [7, 11) is 0. The first-order valence-corrected chi connectivity index (χ1v) is 5.43. The molecule has 2 aromatic heterocycles. The van der Waals surface area contributed by atoms with Gasteiger partial charge in [0, 0.05) is 0 Å². The number of hydrogen-bond acceptors (Lipinski definition) is 5. The molecule has 0 aliphatic carbocycles. The highest BCUT2D eigenvalue weighted by atomic mass is 15.4. The Labute approximate surface area is 103 Å². The van der Waals surface area contributed by atoms with Crippen molar-refractivity contribution in [1.82, 2.24) is 19.8 Å². The van der Waals surface area contributed by atoms with Crippen LogP contribution in [-0.2, 0) is 0 Å². The van der Waals surface area contributed by atoms with Crippen LogP contribution in [-0.4, -0.2) is 26.0 Å². The Bertz CT molecular complexity index is 673. The molecule has 0 aliphatic rings. The molecule has 18 heavy (non-hydrogen) atoms. The van der Waals surface area contributed by atoms with E-state index >= 15 is 0 Å². The van der Waals surface area contributed by atoms with Gasteiger partial charge in [-0.25, -0.2) is 0 Å². The Morgan fingerprint density at radius 1 is 1.11 bits per heavy atom. The van der Waals surface area contributed by atoms with Crippen LogP contribution in [0.25, 0.3) is 5.65 Å². The van der Waals surface area contributed by atoms with Crippen LogP contribution in [0, 0.1) is 0 Å². The van der Waals surface area contributed by atoms with Gasteiger partial charge in [-0.15, -0.1) is 15.3 Å². The fourth-order valence-electron chi connectivity index (χ4n) is 1.50. The molecule has 0 radical (unpaired) electrons. The van der Waals surface area contributed by atoms with E-state index in [0.717, 1.165) is 5.56 Å². The number of hydrazone groups is 1. The van der Waals surface area contributed by atoms with Crippen molar-refractivity contribution in [2.24, 2.45) is 5.10 Å². The highest BCUT2D eigenvalue weighted by molar-refractivity contribution is 5.79. The Hall–Kier alpha value is -2.76. The maximum absolute atomic E-state index is 4.23. The Balaban J connectivity index is 1.74. The predicted molar refractivity (Wildman–Crippen MR) is 68.4 cm³/mol. The van der Waals surface area contributed by atoms with Gasteiger partial charge in [-0.2, -0.15) is 9.62 Å². The van der Waals surface area contributed by atoms with Gasteiger partial charge in [-0.1, -0.05) is 30.3 Å². The topological polar surface area (TPSA) is 67.5 Å². The zero-order valence-corrected chi connectivity index (χ0v) is 9.43. The Morgan fingerprint density at radius 3 is 2.89 bits per heavy atom. The molecule has 3 aromatic rings. The lowest BCUT2D eigenvalue weighted by Gasteiger charge is -1.98. The second kappa shape index (κ2) is 4.62. The van der Waals surface area contributed by atoms with Gasteiger partial charge in [0.2, 0.25) is 0 Å². The van der Waals surface area contributed by atoms with Gasteiger partial charge in [0.15, 0.2) is 11.5 Å². The SMILES string of the molecule is C(=N/Nc1ccc2nncn2n1)/c1ccccc1. The van der Waals surface area contributed by atoms with Crippen LogP contribution in [0.1, 0.15) is 5.56 Å². The van der Waals surface area contributed by atoms with Crippen molar-refractivity contribution in [3.63, 3.8) is 0 Å². The molecule has 0 saturated carbocycles. The fraction of sp³-hybridized carbons (Fsp3) is 0. The van der Waals surface area contributed by atoms with E-state index in [2.05, 4.69) is 25.8 Å². The molecular weight excluding hydrogens is 228 g/mol. The lowest BCUT2D eigenvalue weighted by Crippen LogP contribution is -1.97. The standard InChI is InChI=1S/C12H10N6/c1-2-4-10(5-3-1)8-13-15-11-6-7-12-16-14-9-18(12)17-11/h1-9H,(H,15,17)/b13-8-. The summed E-state index contributed by atoms with van der Waals surface area (Å²) in [6.07, 6.45) is 3.28. The smallest absolute Gasteiger partial charge is 0.177 e. The zero-order chi connectivity index (χ0) is 12.2. The molecule has 6 nitrogen and oxygen atoms in total. The highest BCUT2D eigenvalue weighted by Crippen LogP contribution is 2.04. The van der Waals surface area contributed by atoms with E-state index in [1.165, 1.54) is 0 Å². The molecule has 0 aliphatic heterocycles. The molecule has 0 saturated heterocycles. The van der Waals surface area contributed by atoms with Gasteiger partial charge in [0.25, 0.3) is 0 Å². The monoisotopic (exact) mass is 238 g/mol. The van der Waals surface area contributed by atoms with E-state index in [4.69, 9.17) is 0 Å². The molecule has 0 spiro atoms. The summed E-state index contributed by atoms with van der Waals surface area (Å²) in [6.45, 7) is 0. The quantitative estimate of drug-likeness (QED) is 0.555. The molecule has 0 atom stereocenters. The molecule has 3 rings (SSSR count). The maximum atomic E-state index is 4.23. The Kier molecular flexibility index (Phi) is 2.67. The number of benzene rings is 1. The van der Waals surface area contributed by atoms with Crippen LogP contribution in [0.4, 0.5) is 5.82 Å². The van der Waals surface area contributed by atoms with Crippen molar-refractivity contribution in [1.29, 1.82) is 0 Å². The molecule has 0 bridgehead atoms. The zero-order valence-electron chi connectivity index (χ0n) is 9.43. The first-order chi connectivity index (χ1) is 8.92. The molecule has 2 heterocycles. The van der Waals surface area contributed by atoms with E-state index in [1.807, 2.05) is 36.4 Å². The summed E-state index contributed by atoms with van der Waals surface area (Å²) in [4.78, 5) is 0. The normalized spacial score (nSPS) is 11.1. The van der Waals surface area contributed by atoms with Crippen molar-refractivity contribution in [2.75, 3.05) is 5.43 Å². The lowest BCUT2D eigenvalue weighted by molar-refractivity contribution is 0.925. The Morgan fingerprint density at radius 2 is 2.00 bits per heavy atom. The van der Waals surface area contributed by atoms with Gasteiger partial charge in [0.1, 0.15) is 6.33 Å². The van der Waals surface area contributed by atoms with Crippen molar-refractivity contribution < 1.29 is 0 Å². The molecule has 6 heteroatoms. The summed E-state index contributed by atoms with van der Waals surface area (Å²) in [5.74, 6) is 0.634. The van der Waals surface area contributed by atoms with Gasteiger partial charge in [-0.05, 0) is 17.7 Å². The first kappa shape index (κ1) is 10.4. The summed E-state index contributed by atoms with van der Waals surface area (Å²) < 4.78 is 1.58. The minimum atomic E-state index is 0.634. The number of fused-ring (bicyclic) bond motifs is 1. The molecule has 0 amide bonds. The lowest BCUT2D eigenvalue weighted by atomic mass is 10.2. The van der Waals surface area contributed by atoms with Crippen molar-refractivity contribution >= 4 is 17.7 Å². The molecule has 0 unspecified atom stereocenters. The average Bonchev–Trinajstić information content (AvgIpc) is 2.87. The second-order valence-electron chi connectivity index (χ2n) is 3.63. The van der Waals surface area contributed by atoms with Gasteiger partial charge in [-0.3, -0.25) is 5.43 Å². The maximum Gasteiger partial charge on any atom is 0.177 e. The number of rotatable bonds is 3.